The van der Waals surface area contributed by atoms with Gasteiger partial charge < -0.3 is 19.8 Å². The lowest BCUT2D eigenvalue weighted by atomic mass is 9.80. The largest absolute Gasteiger partial charge is 0.475 e. The molecule has 0 unspecified atom stereocenters. The van der Waals surface area contributed by atoms with E-state index in [-0.39, 0.29) is 23.5 Å². The molecule has 2 fully saturated rings. The lowest BCUT2D eigenvalue weighted by molar-refractivity contribution is -0.134. The molecule has 1 aromatic heterocycles. The normalized spacial score (nSPS) is 22.4. The van der Waals surface area contributed by atoms with E-state index in [1.807, 2.05) is 11.0 Å². The summed E-state index contributed by atoms with van der Waals surface area (Å²) in [4.78, 5) is 26.1. The van der Waals surface area contributed by atoms with E-state index >= 15 is 0 Å². The van der Waals surface area contributed by atoms with Crippen molar-refractivity contribution >= 4 is 11.9 Å². The van der Waals surface area contributed by atoms with Crippen molar-refractivity contribution in [2.24, 2.45) is 17.8 Å². The summed E-state index contributed by atoms with van der Waals surface area (Å²) in [6.45, 7) is 3.41. The smallest absolute Gasteiger partial charge is 0.374 e. The predicted molar refractivity (Wildman–Crippen MR) is 116 cm³/mol. The third-order valence-corrected chi connectivity index (χ3v) is 6.78. The number of aromatic nitrogens is 1. The van der Waals surface area contributed by atoms with E-state index in [2.05, 4.69) is 34.7 Å². The van der Waals surface area contributed by atoms with Gasteiger partial charge in [0.15, 0.2) is 0 Å². The van der Waals surface area contributed by atoms with Crippen LogP contribution in [0.3, 0.4) is 0 Å². The Morgan fingerprint density at radius 2 is 1.87 bits per heavy atom. The fourth-order valence-electron chi connectivity index (χ4n) is 4.95. The van der Waals surface area contributed by atoms with Gasteiger partial charge in [-0.1, -0.05) is 35.5 Å². The fourth-order valence-corrected chi connectivity index (χ4v) is 4.95. The predicted octanol–water partition coefficient (Wildman–Crippen LogP) is 3.01. The Morgan fingerprint density at radius 1 is 1.10 bits per heavy atom. The van der Waals surface area contributed by atoms with Crippen molar-refractivity contribution in [3.05, 3.63) is 53.4 Å². The molecular weight excluding hydrogens is 394 g/mol. The van der Waals surface area contributed by atoms with E-state index in [9.17, 15) is 9.59 Å². The summed E-state index contributed by atoms with van der Waals surface area (Å²) >= 11 is 0. The number of piperidine rings is 2. The van der Waals surface area contributed by atoms with Crippen molar-refractivity contribution < 1.29 is 19.2 Å². The second kappa shape index (κ2) is 10.1. The summed E-state index contributed by atoms with van der Waals surface area (Å²) in [5.74, 6) is 0.184. The summed E-state index contributed by atoms with van der Waals surface area (Å²) in [6, 6.07) is 12.1. The molecule has 3 heterocycles. The maximum absolute atomic E-state index is 13.0. The number of amides is 1. The molecule has 4 rings (SSSR count). The van der Waals surface area contributed by atoms with Crippen molar-refractivity contribution in [3.63, 3.8) is 0 Å². The second-order valence-corrected chi connectivity index (χ2v) is 8.92. The highest BCUT2D eigenvalue weighted by Gasteiger charge is 2.31. The maximum Gasteiger partial charge on any atom is 0.374 e. The molecule has 2 aromatic rings. The zero-order valence-electron chi connectivity index (χ0n) is 17.8. The highest BCUT2D eigenvalue weighted by Crippen LogP contribution is 2.28. The Labute approximate surface area is 182 Å². The molecule has 0 spiro atoms. The summed E-state index contributed by atoms with van der Waals surface area (Å²) in [7, 11) is 0. The monoisotopic (exact) mass is 425 g/mol. The Kier molecular flexibility index (Phi) is 7.02. The zero-order chi connectivity index (χ0) is 21.6. The number of carbonyl (C=O) groups is 2. The Balaban J connectivity index is 1.28. The standard InChI is InChI=1S/C24H31N3O4/c28-23(27-10-7-18(8-11-27)12-17-4-2-1-3-5-17)14-19-6-9-25-16-20(19)13-21-15-22(24(29)30)31-26-21/h1-5,15,18-20,25H,6-14,16H2,(H,29,30)/t19-,20+/m1/s1. The molecule has 0 bridgehead atoms. The van der Waals surface area contributed by atoms with Gasteiger partial charge in [0.2, 0.25) is 11.7 Å². The van der Waals surface area contributed by atoms with Gasteiger partial charge in [-0.3, -0.25) is 4.79 Å². The number of nitrogens with one attached hydrogen (secondary N) is 1. The topological polar surface area (TPSA) is 95.7 Å². The van der Waals surface area contributed by atoms with Gasteiger partial charge >= 0.3 is 5.97 Å². The second-order valence-electron chi connectivity index (χ2n) is 8.92. The average Bonchev–Trinajstić information content (AvgIpc) is 3.25. The number of nitrogens with zero attached hydrogens (tertiary/aromatic N) is 2. The van der Waals surface area contributed by atoms with Crippen molar-refractivity contribution in [3.8, 4) is 0 Å². The first-order valence-electron chi connectivity index (χ1n) is 11.3. The molecular formula is C24H31N3O4. The molecule has 0 aliphatic carbocycles. The SMILES string of the molecule is O=C(O)c1cc(C[C@H]2CNCC[C@@H]2CC(=O)N2CCC(Cc3ccccc3)CC2)no1. The minimum atomic E-state index is -1.11. The van der Waals surface area contributed by atoms with Crippen LogP contribution in [0.1, 0.15) is 47.5 Å². The first-order chi connectivity index (χ1) is 15.1. The Bertz CT molecular complexity index is 874. The molecule has 1 aromatic carbocycles. The molecule has 2 aliphatic rings. The van der Waals surface area contributed by atoms with Crippen molar-refractivity contribution in [2.45, 2.75) is 38.5 Å². The third kappa shape index (κ3) is 5.73. The highest BCUT2D eigenvalue weighted by molar-refractivity contribution is 5.84. The molecule has 0 saturated carbocycles. The van der Waals surface area contributed by atoms with E-state index in [4.69, 9.17) is 9.63 Å². The van der Waals surface area contributed by atoms with Gasteiger partial charge in [-0.25, -0.2) is 4.79 Å². The summed E-state index contributed by atoms with van der Waals surface area (Å²) < 4.78 is 4.89. The molecule has 1 amide bonds. The molecule has 0 radical (unpaired) electrons. The van der Waals surface area contributed by atoms with Gasteiger partial charge in [0.1, 0.15) is 0 Å². The Morgan fingerprint density at radius 3 is 2.58 bits per heavy atom. The maximum atomic E-state index is 13.0. The molecule has 7 heteroatoms. The molecule has 31 heavy (non-hydrogen) atoms. The molecule has 2 atom stereocenters. The van der Waals surface area contributed by atoms with Crippen molar-refractivity contribution in [1.29, 1.82) is 0 Å². The first kappa shape index (κ1) is 21.6. The van der Waals surface area contributed by atoms with Gasteiger partial charge in [-0.15, -0.1) is 0 Å². The number of carbonyl (C=O) groups excluding carboxylic acids is 1. The summed E-state index contributed by atoms with van der Waals surface area (Å²) in [5, 5.41) is 16.3. The quantitative estimate of drug-likeness (QED) is 0.708. The summed E-state index contributed by atoms with van der Waals surface area (Å²) in [6.07, 6.45) is 5.35. The fraction of sp³-hybridized carbons (Fsp3) is 0.542. The lowest BCUT2D eigenvalue weighted by Crippen LogP contribution is -2.43. The van der Waals surface area contributed by atoms with Gasteiger partial charge in [0.05, 0.1) is 5.69 Å². The van der Waals surface area contributed by atoms with Gasteiger partial charge in [0, 0.05) is 25.6 Å². The number of rotatable bonds is 7. The molecule has 166 valence electrons. The number of benzene rings is 1. The summed E-state index contributed by atoms with van der Waals surface area (Å²) in [5.41, 5.74) is 2.02. The number of hydrogen-bond acceptors (Lipinski definition) is 5. The zero-order valence-corrected chi connectivity index (χ0v) is 17.8. The van der Waals surface area contributed by atoms with Crippen LogP contribution in [0, 0.1) is 17.8 Å². The minimum absolute atomic E-state index is 0.134. The molecule has 2 N–H and O–H groups in total. The first-order valence-corrected chi connectivity index (χ1v) is 11.3. The van der Waals surface area contributed by atoms with Crippen LogP contribution < -0.4 is 5.32 Å². The lowest BCUT2D eigenvalue weighted by Gasteiger charge is -2.36. The van der Waals surface area contributed by atoms with Crippen LogP contribution in [0.4, 0.5) is 0 Å². The number of hydrogen-bond donors (Lipinski definition) is 2. The molecule has 2 saturated heterocycles. The van der Waals surface area contributed by atoms with Gasteiger partial charge in [0.25, 0.3) is 0 Å². The Hall–Kier alpha value is -2.67. The van der Waals surface area contributed by atoms with Gasteiger partial charge in [-0.05, 0) is 68.5 Å². The molecule has 2 aliphatic heterocycles. The highest BCUT2D eigenvalue weighted by atomic mass is 16.5. The van der Waals surface area contributed by atoms with E-state index in [0.717, 1.165) is 51.9 Å². The average molecular weight is 426 g/mol. The van der Waals surface area contributed by atoms with Crippen LogP contribution in [0.2, 0.25) is 0 Å². The van der Waals surface area contributed by atoms with E-state index in [1.54, 1.807) is 0 Å². The van der Waals surface area contributed by atoms with Crippen LogP contribution in [0.25, 0.3) is 0 Å². The number of carboxylic acids is 1. The number of likely N-dealkylation sites (tertiary alicyclic amines) is 1. The van der Waals surface area contributed by atoms with Crippen molar-refractivity contribution in [2.75, 3.05) is 26.2 Å². The van der Waals surface area contributed by atoms with E-state index < -0.39 is 5.97 Å². The van der Waals surface area contributed by atoms with E-state index in [0.29, 0.717) is 24.5 Å². The van der Waals surface area contributed by atoms with Crippen molar-refractivity contribution in [1.82, 2.24) is 15.4 Å². The van der Waals surface area contributed by atoms with Crippen LogP contribution in [0.5, 0.6) is 0 Å². The van der Waals surface area contributed by atoms with E-state index in [1.165, 1.54) is 11.6 Å². The number of carboxylic acid groups (broad SMARTS) is 1. The minimum Gasteiger partial charge on any atom is -0.475 e. The van der Waals surface area contributed by atoms with Crippen LogP contribution in [-0.2, 0) is 17.6 Å². The van der Waals surface area contributed by atoms with Crippen LogP contribution >= 0.6 is 0 Å². The molecule has 7 nitrogen and oxygen atoms in total. The third-order valence-electron chi connectivity index (χ3n) is 6.78. The van der Waals surface area contributed by atoms with Crippen LogP contribution in [0.15, 0.2) is 40.9 Å². The number of aromatic carboxylic acids is 1. The van der Waals surface area contributed by atoms with Crippen LogP contribution in [-0.4, -0.2) is 53.2 Å². The van der Waals surface area contributed by atoms with Gasteiger partial charge in [-0.2, -0.15) is 0 Å².